The first kappa shape index (κ1) is 17.4. The van der Waals surface area contributed by atoms with E-state index in [-0.39, 0.29) is 24.5 Å². The van der Waals surface area contributed by atoms with Crippen molar-refractivity contribution in [2.24, 2.45) is 5.73 Å². The van der Waals surface area contributed by atoms with Crippen LogP contribution in [0.5, 0.6) is 0 Å². The van der Waals surface area contributed by atoms with E-state index < -0.39 is 12.0 Å². The molecule has 2 heterocycles. The molecule has 2 saturated heterocycles. The Hall–Kier alpha value is -1.68. The minimum absolute atomic E-state index is 0.0640. The van der Waals surface area contributed by atoms with E-state index in [1.165, 1.54) is 0 Å². The molecule has 0 aromatic rings. The summed E-state index contributed by atoms with van der Waals surface area (Å²) in [6.07, 6.45) is 2.88. The standard InChI is InChI=1S/C10H16N2O3S.CH3N2O2/c13-8(14)4-2-1-3-7-9-6(5-16-7)11-10(15)12-9;2-1(4)3-5/h6-7,9H,1-5H2,(H,13,14)(H2,11,12,15);(H3,2,3,4)/t6-,7-,9-;/m0./s1. The second-order valence-corrected chi connectivity index (χ2v) is 6.00. The Morgan fingerprint density at radius 3 is 2.62 bits per heavy atom. The fourth-order valence-corrected chi connectivity index (χ4v) is 3.81. The van der Waals surface area contributed by atoms with E-state index in [0.717, 1.165) is 30.5 Å². The van der Waals surface area contributed by atoms with Gasteiger partial charge in [0.15, 0.2) is 0 Å². The van der Waals surface area contributed by atoms with Crippen molar-refractivity contribution >= 4 is 29.8 Å². The summed E-state index contributed by atoms with van der Waals surface area (Å²) in [4.78, 5) is 30.6. The van der Waals surface area contributed by atoms with Crippen LogP contribution in [0.2, 0.25) is 0 Å². The Morgan fingerprint density at radius 2 is 2.05 bits per heavy atom. The van der Waals surface area contributed by atoms with E-state index in [4.69, 9.17) is 15.1 Å². The molecule has 21 heavy (non-hydrogen) atoms. The third kappa shape index (κ3) is 6.08. The van der Waals surface area contributed by atoms with Gasteiger partial charge in [0.1, 0.15) is 0 Å². The lowest BCUT2D eigenvalue weighted by Crippen LogP contribution is -2.36. The van der Waals surface area contributed by atoms with Crippen molar-refractivity contribution in [3.8, 4) is 0 Å². The zero-order valence-electron chi connectivity index (χ0n) is 11.3. The van der Waals surface area contributed by atoms with Gasteiger partial charge in [-0.25, -0.2) is 9.59 Å². The second-order valence-electron chi connectivity index (χ2n) is 4.73. The van der Waals surface area contributed by atoms with Gasteiger partial charge in [0.25, 0.3) is 0 Å². The first-order valence-corrected chi connectivity index (χ1v) is 7.57. The van der Waals surface area contributed by atoms with E-state index in [2.05, 4.69) is 16.4 Å². The average Bonchev–Trinajstić information content (AvgIpc) is 2.95. The Bertz CT molecular complexity index is 395. The van der Waals surface area contributed by atoms with Crippen molar-refractivity contribution in [1.82, 2.24) is 16.1 Å². The second kappa shape index (κ2) is 8.57. The molecule has 0 spiro atoms. The Morgan fingerprint density at radius 1 is 1.38 bits per heavy atom. The lowest BCUT2D eigenvalue weighted by Gasteiger charge is -2.16. The van der Waals surface area contributed by atoms with Gasteiger partial charge in [-0.2, -0.15) is 17.2 Å². The van der Waals surface area contributed by atoms with Gasteiger partial charge in [0.05, 0.1) is 12.1 Å². The quantitative estimate of drug-likeness (QED) is 0.270. The summed E-state index contributed by atoms with van der Waals surface area (Å²) in [5, 5.41) is 23.7. The molecule has 9 nitrogen and oxygen atoms in total. The van der Waals surface area contributed by atoms with Crippen LogP contribution in [0.25, 0.3) is 0 Å². The SMILES string of the molecule is NC(=O)N[O].O=C(O)CCCC[C@@H]1SC[C@@H]2NC(=O)N[C@@H]21. The van der Waals surface area contributed by atoms with Gasteiger partial charge in [-0.15, -0.1) is 0 Å². The maximum Gasteiger partial charge on any atom is 0.338 e. The predicted octanol–water partition coefficient (Wildman–Crippen LogP) is -0.203. The number of urea groups is 2. The van der Waals surface area contributed by atoms with Crippen molar-refractivity contribution in [1.29, 1.82) is 0 Å². The average molecular weight is 319 g/mol. The molecule has 0 aromatic heterocycles. The maximum atomic E-state index is 11.1. The number of hydrogen-bond acceptors (Lipinski definition) is 4. The molecule has 119 valence electrons. The van der Waals surface area contributed by atoms with Gasteiger partial charge in [-0.05, 0) is 12.8 Å². The lowest BCUT2D eigenvalue weighted by molar-refractivity contribution is -0.137. The van der Waals surface area contributed by atoms with Crippen LogP contribution in [0.15, 0.2) is 0 Å². The van der Waals surface area contributed by atoms with Crippen molar-refractivity contribution in [3.63, 3.8) is 0 Å². The van der Waals surface area contributed by atoms with Gasteiger partial charge in [-0.1, -0.05) is 11.6 Å². The number of rotatable bonds is 5. The normalized spacial score (nSPS) is 26.0. The molecule has 6 N–H and O–H groups in total. The Labute approximate surface area is 126 Å². The molecule has 2 rings (SSSR count). The predicted molar refractivity (Wildman–Crippen MR) is 75.0 cm³/mol. The molecule has 0 bridgehead atoms. The largest absolute Gasteiger partial charge is 0.481 e. The molecule has 3 atom stereocenters. The highest BCUT2D eigenvalue weighted by Gasteiger charge is 2.42. The maximum absolute atomic E-state index is 11.1. The monoisotopic (exact) mass is 319 g/mol. The highest BCUT2D eigenvalue weighted by atomic mass is 32.2. The number of primary amides is 1. The van der Waals surface area contributed by atoms with Crippen LogP contribution in [0.4, 0.5) is 9.59 Å². The van der Waals surface area contributed by atoms with E-state index in [1.54, 1.807) is 0 Å². The molecule has 1 radical (unpaired) electrons. The molecule has 0 aliphatic carbocycles. The number of carbonyl (C=O) groups is 3. The molecule has 4 amide bonds. The number of carboxylic acid groups (broad SMARTS) is 1. The molecule has 0 aromatic carbocycles. The molecule has 0 unspecified atom stereocenters. The van der Waals surface area contributed by atoms with Gasteiger partial charge in [0, 0.05) is 17.4 Å². The summed E-state index contributed by atoms with van der Waals surface area (Å²) in [5.41, 5.74) is 5.15. The van der Waals surface area contributed by atoms with Crippen LogP contribution in [0.1, 0.15) is 25.7 Å². The first-order valence-electron chi connectivity index (χ1n) is 6.52. The van der Waals surface area contributed by atoms with E-state index in [9.17, 15) is 9.59 Å². The fourth-order valence-electron chi connectivity index (χ4n) is 2.26. The third-order valence-corrected chi connectivity index (χ3v) is 4.68. The Balaban J connectivity index is 0.000000383. The highest BCUT2D eigenvalue weighted by Crippen LogP contribution is 2.33. The smallest absolute Gasteiger partial charge is 0.338 e. The zero-order chi connectivity index (χ0) is 15.8. The first-order chi connectivity index (χ1) is 9.93. The van der Waals surface area contributed by atoms with Crippen LogP contribution >= 0.6 is 11.8 Å². The number of carbonyl (C=O) groups excluding carboxylic acids is 2. The number of nitrogens with two attached hydrogens (primary N) is 1. The summed E-state index contributed by atoms with van der Waals surface area (Å²) in [6, 6.07) is -0.611. The lowest BCUT2D eigenvalue weighted by atomic mass is 10.0. The van der Waals surface area contributed by atoms with E-state index >= 15 is 0 Å². The molecule has 10 heteroatoms. The number of aliphatic carboxylic acids is 1. The summed E-state index contributed by atoms with van der Waals surface area (Å²) in [7, 11) is 0. The summed E-state index contributed by atoms with van der Waals surface area (Å²) in [5.74, 6) is 0.236. The van der Waals surface area contributed by atoms with Crippen molar-refractivity contribution in [3.05, 3.63) is 0 Å². The van der Waals surface area contributed by atoms with Crippen LogP contribution in [-0.4, -0.2) is 46.2 Å². The van der Waals surface area contributed by atoms with Crippen molar-refractivity contribution < 1.29 is 24.7 Å². The van der Waals surface area contributed by atoms with Gasteiger partial charge in [0.2, 0.25) is 0 Å². The molecule has 2 aliphatic heterocycles. The number of amides is 4. The van der Waals surface area contributed by atoms with Gasteiger partial charge < -0.3 is 21.5 Å². The summed E-state index contributed by atoms with van der Waals surface area (Å²) >= 11 is 1.87. The zero-order valence-corrected chi connectivity index (χ0v) is 12.1. The van der Waals surface area contributed by atoms with Crippen LogP contribution in [-0.2, 0) is 10.0 Å². The van der Waals surface area contributed by atoms with E-state index in [0.29, 0.717) is 5.25 Å². The Kier molecular flexibility index (Phi) is 7.09. The number of hydroxylamine groups is 1. The highest BCUT2D eigenvalue weighted by molar-refractivity contribution is 8.00. The van der Waals surface area contributed by atoms with Gasteiger partial charge >= 0.3 is 18.0 Å². The molecule has 2 aliphatic rings. The fraction of sp³-hybridized carbons (Fsp3) is 0.727. The van der Waals surface area contributed by atoms with Crippen LogP contribution in [0, 0.1) is 0 Å². The molecular formula is C11H19N4O5S. The summed E-state index contributed by atoms with van der Waals surface area (Å²) in [6.45, 7) is 0. The third-order valence-electron chi connectivity index (χ3n) is 3.17. The van der Waals surface area contributed by atoms with Crippen molar-refractivity contribution in [2.45, 2.75) is 43.0 Å². The van der Waals surface area contributed by atoms with E-state index in [1.807, 2.05) is 11.8 Å². The minimum Gasteiger partial charge on any atom is -0.481 e. The topological polar surface area (TPSA) is 153 Å². The van der Waals surface area contributed by atoms with Crippen LogP contribution in [0.3, 0.4) is 0 Å². The number of fused-ring (bicyclic) bond motifs is 1. The number of unbranched alkanes of at least 4 members (excludes halogenated alkanes) is 1. The molecular weight excluding hydrogens is 300 g/mol. The van der Waals surface area contributed by atoms with Gasteiger partial charge in [-0.3, -0.25) is 4.79 Å². The van der Waals surface area contributed by atoms with Crippen molar-refractivity contribution in [2.75, 3.05) is 5.75 Å². The molecule has 2 fully saturated rings. The molecule has 0 saturated carbocycles. The summed E-state index contributed by atoms with van der Waals surface area (Å²) < 4.78 is 0. The number of thioether (sulfide) groups is 1. The number of carboxylic acids is 1. The number of hydrogen-bond donors (Lipinski definition) is 5. The van der Waals surface area contributed by atoms with Crippen LogP contribution < -0.4 is 21.8 Å². The number of nitrogens with one attached hydrogen (secondary N) is 3. The minimum atomic E-state index is -1.05.